The molecule has 7 heteroatoms. The van der Waals surface area contributed by atoms with Gasteiger partial charge in [0.25, 0.3) is 0 Å². The van der Waals surface area contributed by atoms with E-state index >= 15 is 0 Å². The molecule has 3 amide bonds. The van der Waals surface area contributed by atoms with E-state index in [1.165, 1.54) is 6.42 Å². The van der Waals surface area contributed by atoms with Gasteiger partial charge in [0, 0.05) is 12.6 Å². The van der Waals surface area contributed by atoms with Gasteiger partial charge >= 0.3 is 6.09 Å². The summed E-state index contributed by atoms with van der Waals surface area (Å²) in [5, 5.41) is 6.12. The third kappa shape index (κ3) is 10.5. The van der Waals surface area contributed by atoms with Gasteiger partial charge in [-0.05, 0) is 70.9 Å². The van der Waals surface area contributed by atoms with Crippen LogP contribution in [-0.4, -0.2) is 47.0 Å². The molecule has 1 aromatic carbocycles. The van der Waals surface area contributed by atoms with Crippen LogP contribution in [0, 0.1) is 19.8 Å². The van der Waals surface area contributed by atoms with E-state index in [9.17, 15) is 14.4 Å². The van der Waals surface area contributed by atoms with Crippen LogP contribution in [0.3, 0.4) is 0 Å². The summed E-state index contributed by atoms with van der Waals surface area (Å²) in [6, 6.07) is 4.60. The Morgan fingerprint density at radius 3 is 2.28 bits per heavy atom. The zero-order chi connectivity index (χ0) is 29.2. The molecule has 1 aromatic rings. The monoisotopic (exact) mass is 543 g/mol. The number of hydrogen-bond acceptors (Lipinski definition) is 4. The first-order chi connectivity index (χ1) is 18.3. The first kappa shape index (κ1) is 32.6. The standard InChI is InChI=1S/C32H53N3O4/c1-9-10-11-15-20-35(30(37)27(22(2)3)34-31(38)39-32(6,7)8)28(26-21-23(4)18-19-24(26)5)29(36)33-25-16-13-12-14-17-25/h18-19,21-22,25,27-28H,9-17,20H2,1-8H3,(H,33,36)(H,34,38). The number of rotatable bonds is 12. The summed E-state index contributed by atoms with van der Waals surface area (Å²) < 4.78 is 5.49. The predicted octanol–water partition coefficient (Wildman–Crippen LogP) is 6.75. The van der Waals surface area contributed by atoms with Crippen molar-refractivity contribution >= 4 is 17.9 Å². The molecule has 220 valence electrons. The molecule has 1 saturated carbocycles. The Morgan fingerprint density at radius 2 is 1.69 bits per heavy atom. The van der Waals surface area contributed by atoms with Gasteiger partial charge in [0.1, 0.15) is 17.7 Å². The fraction of sp³-hybridized carbons (Fsp3) is 0.719. The maximum absolute atomic E-state index is 14.3. The van der Waals surface area contributed by atoms with Crippen LogP contribution < -0.4 is 10.6 Å². The molecule has 1 aliphatic carbocycles. The Bertz CT molecular complexity index is 947. The number of nitrogens with zero attached hydrogens (tertiary/aromatic N) is 1. The Labute approximate surface area is 236 Å². The average molecular weight is 544 g/mol. The number of unbranched alkanes of at least 4 members (excludes halogenated alkanes) is 3. The maximum atomic E-state index is 14.3. The quantitative estimate of drug-likeness (QED) is 0.285. The summed E-state index contributed by atoms with van der Waals surface area (Å²) in [6.45, 7) is 15.8. The van der Waals surface area contributed by atoms with Gasteiger partial charge in [0.15, 0.2) is 0 Å². The molecule has 0 aromatic heterocycles. The lowest BCUT2D eigenvalue weighted by molar-refractivity contribution is -0.143. The summed E-state index contributed by atoms with van der Waals surface area (Å²) in [6.07, 6.45) is 8.60. The van der Waals surface area contributed by atoms with E-state index in [1.807, 2.05) is 45.9 Å². The SMILES string of the molecule is CCCCCCN(C(=O)C(NC(=O)OC(C)(C)C)C(C)C)C(C(=O)NC1CCCCC1)c1cc(C)ccc1C. The van der Waals surface area contributed by atoms with Gasteiger partial charge in [-0.1, -0.05) is 83.1 Å². The van der Waals surface area contributed by atoms with Crippen molar-refractivity contribution in [2.75, 3.05) is 6.54 Å². The molecule has 0 aliphatic heterocycles. The highest BCUT2D eigenvalue weighted by molar-refractivity contribution is 5.92. The Balaban J connectivity index is 2.50. The van der Waals surface area contributed by atoms with E-state index in [1.54, 1.807) is 25.7 Å². The highest BCUT2D eigenvalue weighted by atomic mass is 16.6. The van der Waals surface area contributed by atoms with Crippen LogP contribution >= 0.6 is 0 Å². The number of carbonyl (C=O) groups is 3. The molecular formula is C32H53N3O4. The Kier molecular flexibility index (Phi) is 12.8. The molecule has 2 rings (SSSR count). The number of nitrogens with one attached hydrogen (secondary N) is 2. The van der Waals surface area contributed by atoms with Crippen molar-refractivity contribution in [2.24, 2.45) is 5.92 Å². The minimum Gasteiger partial charge on any atom is -0.444 e. The fourth-order valence-electron chi connectivity index (χ4n) is 5.23. The lowest BCUT2D eigenvalue weighted by atomic mass is 9.92. The second-order valence-corrected chi connectivity index (χ2v) is 12.6. The molecule has 39 heavy (non-hydrogen) atoms. The molecule has 1 fully saturated rings. The van der Waals surface area contributed by atoms with Crippen LogP contribution in [0.5, 0.6) is 0 Å². The van der Waals surface area contributed by atoms with Gasteiger partial charge in [0.05, 0.1) is 0 Å². The number of alkyl carbamates (subject to hydrolysis) is 1. The van der Waals surface area contributed by atoms with Gasteiger partial charge in [-0.3, -0.25) is 9.59 Å². The van der Waals surface area contributed by atoms with Crippen LogP contribution in [0.25, 0.3) is 0 Å². The Morgan fingerprint density at radius 1 is 1.03 bits per heavy atom. The highest BCUT2D eigenvalue weighted by Crippen LogP contribution is 2.29. The number of ether oxygens (including phenoxy) is 1. The topological polar surface area (TPSA) is 87.7 Å². The van der Waals surface area contributed by atoms with Crippen LogP contribution in [0.1, 0.15) is 122 Å². The van der Waals surface area contributed by atoms with E-state index in [0.29, 0.717) is 6.54 Å². The normalized spacial score (nSPS) is 15.9. The van der Waals surface area contributed by atoms with Crippen molar-refractivity contribution in [3.8, 4) is 0 Å². The van der Waals surface area contributed by atoms with E-state index < -0.39 is 23.8 Å². The van der Waals surface area contributed by atoms with Crippen molar-refractivity contribution in [3.63, 3.8) is 0 Å². The van der Waals surface area contributed by atoms with Gasteiger partial charge in [-0.25, -0.2) is 4.79 Å². The van der Waals surface area contributed by atoms with Gasteiger partial charge in [-0.2, -0.15) is 0 Å². The zero-order valence-electron chi connectivity index (χ0n) is 25.7. The van der Waals surface area contributed by atoms with Gasteiger partial charge < -0.3 is 20.3 Å². The zero-order valence-corrected chi connectivity index (χ0v) is 25.7. The minimum absolute atomic E-state index is 0.122. The number of carbonyl (C=O) groups excluding carboxylic acids is 3. The number of benzene rings is 1. The predicted molar refractivity (Wildman–Crippen MR) is 158 cm³/mol. The summed E-state index contributed by atoms with van der Waals surface area (Å²) in [5.74, 6) is -0.583. The molecule has 1 aliphatic rings. The number of amides is 3. The van der Waals surface area contributed by atoms with Crippen LogP contribution in [0.4, 0.5) is 4.79 Å². The van der Waals surface area contributed by atoms with Crippen LogP contribution in [-0.2, 0) is 14.3 Å². The summed E-state index contributed by atoms with van der Waals surface area (Å²) in [7, 11) is 0. The smallest absolute Gasteiger partial charge is 0.408 e. The number of hydrogen-bond donors (Lipinski definition) is 2. The third-order valence-corrected chi connectivity index (χ3v) is 7.38. The molecule has 0 spiro atoms. The largest absolute Gasteiger partial charge is 0.444 e. The molecule has 0 radical (unpaired) electrons. The van der Waals surface area contributed by atoms with Crippen molar-refractivity contribution in [3.05, 3.63) is 34.9 Å². The molecular weight excluding hydrogens is 490 g/mol. The van der Waals surface area contributed by atoms with Gasteiger partial charge in [-0.15, -0.1) is 0 Å². The highest BCUT2D eigenvalue weighted by Gasteiger charge is 2.38. The fourth-order valence-corrected chi connectivity index (χ4v) is 5.23. The second-order valence-electron chi connectivity index (χ2n) is 12.6. The summed E-state index contributed by atoms with van der Waals surface area (Å²) in [4.78, 5) is 42.9. The molecule has 0 saturated heterocycles. The van der Waals surface area contributed by atoms with Crippen LogP contribution in [0.2, 0.25) is 0 Å². The second kappa shape index (κ2) is 15.3. The third-order valence-electron chi connectivity index (χ3n) is 7.38. The number of aryl methyl sites for hydroxylation is 2. The molecule has 0 heterocycles. The van der Waals surface area contributed by atoms with E-state index in [2.05, 4.69) is 17.6 Å². The lowest BCUT2D eigenvalue weighted by Crippen LogP contribution is -2.55. The van der Waals surface area contributed by atoms with E-state index in [0.717, 1.165) is 68.1 Å². The maximum Gasteiger partial charge on any atom is 0.408 e. The average Bonchev–Trinajstić information content (AvgIpc) is 2.85. The van der Waals surface area contributed by atoms with Crippen LogP contribution in [0.15, 0.2) is 18.2 Å². The first-order valence-electron chi connectivity index (χ1n) is 15.0. The van der Waals surface area contributed by atoms with Crippen molar-refractivity contribution in [1.82, 2.24) is 15.5 Å². The van der Waals surface area contributed by atoms with E-state index in [-0.39, 0.29) is 23.8 Å². The summed E-state index contributed by atoms with van der Waals surface area (Å²) >= 11 is 0. The summed E-state index contributed by atoms with van der Waals surface area (Å²) in [5.41, 5.74) is 2.16. The molecule has 2 N–H and O–H groups in total. The molecule has 7 nitrogen and oxygen atoms in total. The van der Waals surface area contributed by atoms with Gasteiger partial charge in [0.2, 0.25) is 11.8 Å². The van der Waals surface area contributed by atoms with Crippen molar-refractivity contribution in [2.45, 2.75) is 137 Å². The van der Waals surface area contributed by atoms with E-state index in [4.69, 9.17) is 4.74 Å². The molecule has 2 unspecified atom stereocenters. The first-order valence-corrected chi connectivity index (χ1v) is 15.0. The molecule has 2 atom stereocenters. The minimum atomic E-state index is -0.818. The lowest BCUT2D eigenvalue weighted by Gasteiger charge is -2.37. The molecule has 0 bridgehead atoms. The Hall–Kier alpha value is -2.57. The van der Waals surface area contributed by atoms with Crippen molar-refractivity contribution in [1.29, 1.82) is 0 Å². The van der Waals surface area contributed by atoms with Crippen molar-refractivity contribution < 1.29 is 19.1 Å².